The van der Waals surface area contributed by atoms with Gasteiger partial charge in [0.15, 0.2) is 0 Å². The van der Waals surface area contributed by atoms with Crippen LogP contribution in [0, 0.1) is 0 Å². The summed E-state index contributed by atoms with van der Waals surface area (Å²) in [6.07, 6.45) is 1.60. The summed E-state index contributed by atoms with van der Waals surface area (Å²) in [5.74, 6) is -0.536. The summed E-state index contributed by atoms with van der Waals surface area (Å²) in [6.45, 7) is 6.85. The Labute approximate surface area is 156 Å². The van der Waals surface area contributed by atoms with E-state index >= 15 is 0 Å². The molecule has 0 fully saturated rings. The number of para-hydroxylation sites is 1. The molecule has 4 nitrogen and oxygen atoms in total. The van der Waals surface area contributed by atoms with E-state index in [-0.39, 0.29) is 23.7 Å². The lowest BCUT2D eigenvalue weighted by atomic mass is 9.86. The standard InChI is InChI=1S/C22H28N2O2/c1-22(2,3)18-13-7-8-14-19(18)24-21(26)16-20(25)23-15-9-12-17-10-5-4-6-11-17/h4-8,10-11,13-14H,9,12,15-16H2,1-3H3,(H,23,25)(H,24,26). The zero-order valence-corrected chi connectivity index (χ0v) is 15.8. The Morgan fingerprint density at radius 1 is 0.885 bits per heavy atom. The van der Waals surface area contributed by atoms with Crippen molar-refractivity contribution in [2.45, 2.75) is 45.4 Å². The van der Waals surface area contributed by atoms with Crippen LogP contribution in [-0.2, 0) is 21.4 Å². The van der Waals surface area contributed by atoms with E-state index in [1.165, 1.54) is 5.56 Å². The molecule has 0 aliphatic heterocycles. The van der Waals surface area contributed by atoms with E-state index in [0.29, 0.717) is 6.54 Å². The van der Waals surface area contributed by atoms with E-state index < -0.39 is 0 Å². The van der Waals surface area contributed by atoms with Crippen LogP contribution in [-0.4, -0.2) is 18.4 Å². The Hall–Kier alpha value is -2.62. The number of nitrogens with one attached hydrogen (secondary N) is 2. The summed E-state index contributed by atoms with van der Waals surface area (Å²) in [5.41, 5.74) is 2.99. The summed E-state index contributed by atoms with van der Waals surface area (Å²) in [5, 5.41) is 5.68. The lowest BCUT2D eigenvalue weighted by Crippen LogP contribution is -2.29. The summed E-state index contributed by atoms with van der Waals surface area (Å²) < 4.78 is 0. The minimum atomic E-state index is -0.290. The van der Waals surface area contributed by atoms with Crippen molar-refractivity contribution in [3.63, 3.8) is 0 Å². The molecule has 2 rings (SSSR count). The summed E-state index contributed by atoms with van der Waals surface area (Å²) >= 11 is 0. The van der Waals surface area contributed by atoms with Crippen molar-refractivity contribution < 1.29 is 9.59 Å². The normalized spacial score (nSPS) is 11.0. The first-order valence-corrected chi connectivity index (χ1v) is 9.06. The number of hydrogen-bond acceptors (Lipinski definition) is 2. The third-order valence-corrected chi connectivity index (χ3v) is 4.14. The minimum Gasteiger partial charge on any atom is -0.356 e. The topological polar surface area (TPSA) is 58.2 Å². The maximum Gasteiger partial charge on any atom is 0.233 e. The highest BCUT2D eigenvalue weighted by molar-refractivity contribution is 6.03. The Kier molecular flexibility index (Phi) is 6.96. The zero-order valence-electron chi connectivity index (χ0n) is 15.8. The van der Waals surface area contributed by atoms with Crippen molar-refractivity contribution in [2.24, 2.45) is 0 Å². The maximum atomic E-state index is 12.2. The smallest absolute Gasteiger partial charge is 0.233 e. The lowest BCUT2D eigenvalue weighted by Gasteiger charge is -2.22. The molecular formula is C22H28N2O2. The van der Waals surface area contributed by atoms with Crippen LogP contribution >= 0.6 is 0 Å². The molecule has 2 N–H and O–H groups in total. The fourth-order valence-corrected chi connectivity index (χ4v) is 2.81. The number of carbonyl (C=O) groups excluding carboxylic acids is 2. The summed E-state index contributed by atoms with van der Waals surface area (Å²) in [7, 11) is 0. The fourth-order valence-electron chi connectivity index (χ4n) is 2.81. The monoisotopic (exact) mass is 352 g/mol. The minimum absolute atomic E-state index is 0.0798. The molecule has 0 saturated carbocycles. The van der Waals surface area contributed by atoms with Gasteiger partial charge in [0.05, 0.1) is 0 Å². The van der Waals surface area contributed by atoms with Crippen molar-refractivity contribution in [3.8, 4) is 0 Å². The molecule has 2 amide bonds. The second-order valence-electron chi connectivity index (χ2n) is 7.46. The molecule has 2 aromatic rings. The molecule has 138 valence electrons. The molecule has 0 spiro atoms. The van der Waals surface area contributed by atoms with Gasteiger partial charge in [-0.15, -0.1) is 0 Å². The maximum absolute atomic E-state index is 12.2. The number of amides is 2. The predicted molar refractivity (Wildman–Crippen MR) is 106 cm³/mol. The van der Waals surface area contributed by atoms with E-state index in [2.05, 4.69) is 43.5 Å². The van der Waals surface area contributed by atoms with E-state index in [1.54, 1.807) is 0 Å². The van der Waals surface area contributed by atoms with E-state index in [0.717, 1.165) is 24.1 Å². The van der Waals surface area contributed by atoms with Gasteiger partial charge in [-0.2, -0.15) is 0 Å². The van der Waals surface area contributed by atoms with Crippen LogP contribution in [0.4, 0.5) is 5.69 Å². The molecule has 0 bridgehead atoms. The van der Waals surface area contributed by atoms with Crippen LogP contribution in [0.15, 0.2) is 54.6 Å². The van der Waals surface area contributed by atoms with Crippen molar-refractivity contribution in [2.75, 3.05) is 11.9 Å². The average molecular weight is 352 g/mol. The Balaban J connectivity index is 1.76. The van der Waals surface area contributed by atoms with Gasteiger partial charge in [0.2, 0.25) is 11.8 Å². The highest BCUT2D eigenvalue weighted by Crippen LogP contribution is 2.29. The number of rotatable bonds is 7. The van der Waals surface area contributed by atoms with Crippen LogP contribution in [0.25, 0.3) is 0 Å². The quantitative estimate of drug-likeness (QED) is 0.583. The average Bonchev–Trinajstić information content (AvgIpc) is 2.59. The molecule has 0 radical (unpaired) electrons. The summed E-state index contributed by atoms with van der Waals surface area (Å²) in [6, 6.07) is 17.9. The second-order valence-corrected chi connectivity index (χ2v) is 7.46. The van der Waals surface area contributed by atoms with Gasteiger partial charge >= 0.3 is 0 Å². The van der Waals surface area contributed by atoms with Gasteiger partial charge in [-0.1, -0.05) is 69.3 Å². The molecule has 2 aromatic carbocycles. The molecule has 0 atom stereocenters. The molecule has 26 heavy (non-hydrogen) atoms. The van der Waals surface area contributed by atoms with Gasteiger partial charge in [-0.25, -0.2) is 0 Å². The van der Waals surface area contributed by atoms with Gasteiger partial charge < -0.3 is 10.6 Å². The third kappa shape index (κ3) is 6.36. The second kappa shape index (κ2) is 9.18. The zero-order chi connectivity index (χ0) is 19.0. The number of anilines is 1. The van der Waals surface area contributed by atoms with E-state index in [1.807, 2.05) is 42.5 Å². The first kappa shape index (κ1) is 19.7. The Bertz CT molecular complexity index is 733. The molecule has 0 heterocycles. The molecule has 0 aromatic heterocycles. The van der Waals surface area contributed by atoms with Crippen molar-refractivity contribution in [1.82, 2.24) is 5.32 Å². The molecule has 0 aliphatic carbocycles. The molecule has 0 saturated heterocycles. The van der Waals surface area contributed by atoms with Gasteiger partial charge in [0.1, 0.15) is 6.42 Å². The third-order valence-electron chi connectivity index (χ3n) is 4.14. The van der Waals surface area contributed by atoms with Crippen LogP contribution in [0.1, 0.15) is 44.7 Å². The highest BCUT2D eigenvalue weighted by Gasteiger charge is 2.19. The number of aryl methyl sites for hydroxylation is 1. The predicted octanol–water partition coefficient (Wildman–Crippen LogP) is 4.06. The Morgan fingerprint density at radius 2 is 1.54 bits per heavy atom. The van der Waals surface area contributed by atoms with Gasteiger partial charge in [-0.3, -0.25) is 9.59 Å². The molecular weight excluding hydrogens is 324 g/mol. The fraction of sp³-hybridized carbons (Fsp3) is 0.364. The van der Waals surface area contributed by atoms with Crippen LogP contribution in [0.3, 0.4) is 0 Å². The van der Waals surface area contributed by atoms with Gasteiger partial charge in [0.25, 0.3) is 0 Å². The van der Waals surface area contributed by atoms with E-state index in [9.17, 15) is 9.59 Å². The van der Waals surface area contributed by atoms with Gasteiger partial charge in [-0.05, 0) is 35.4 Å². The SMILES string of the molecule is CC(C)(C)c1ccccc1NC(=O)CC(=O)NCCCc1ccccc1. The van der Waals surface area contributed by atoms with Crippen molar-refractivity contribution >= 4 is 17.5 Å². The lowest BCUT2D eigenvalue weighted by molar-refractivity contribution is -0.126. The van der Waals surface area contributed by atoms with Crippen LogP contribution in [0.2, 0.25) is 0 Å². The first-order chi connectivity index (χ1) is 12.4. The van der Waals surface area contributed by atoms with E-state index in [4.69, 9.17) is 0 Å². The summed E-state index contributed by atoms with van der Waals surface area (Å²) in [4.78, 5) is 24.1. The first-order valence-electron chi connectivity index (χ1n) is 9.06. The van der Waals surface area contributed by atoms with Crippen LogP contribution in [0.5, 0.6) is 0 Å². The number of carbonyl (C=O) groups is 2. The largest absolute Gasteiger partial charge is 0.356 e. The Morgan fingerprint density at radius 3 is 2.23 bits per heavy atom. The molecule has 0 unspecified atom stereocenters. The molecule has 4 heteroatoms. The van der Waals surface area contributed by atoms with Gasteiger partial charge in [0, 0.05) is 12.2 Å². The number of benzene rings is 2. The highest BCUT2D eigenvalue weighted by atomic mass is 16.2. The van der Waals surface area contributed by atoms with Crippen LogP contribution < -0.4 is 10.6 Å². The number of hydrogen-bond donors (Lipinski definition) is 2. The van der Waals surface area contributed by atoms with Crippen molar-refractivity contribution in [3.05, 3.63) is 65.7 Å². The molecule has 0 aliphatic rings. The van der Waals surface area contributed by atoms with Crippen molar-refractivity contribution in [1.29, 1.82) is 0 Å².